The fraction of sp³-hybridized carbons (Fsp3) is 0.333. The molecule has 0 aliphatic heterocycles. The summed E-state index contributed by atoms with van der Waals surface area (Å²) in [6.45, 7) is 2.71. The molecule has 0 aliphatic carbocycles. The maximum Gasteiger partial charge on any atom is 0.371 e. The fourth-order valence-corrected chi connectivity index (χ4v) is 0.971. The van der Waals surface area contributed by atoms with Crippen LogP contribution in [0.4, 0.5) is 0 Å². The van der Waals surface area contributed by atoms with Gasteiger partial charge in [-0.05, 0) is 6.42 Å². The highest BCUT2D eigenvalue weighted by molar-refractivity contribution is 5.58. The SMILES string of the molecule is CCCN([C]=O)[n+]1ccccc1. The summed E-state index contributed by atoms with van der Waals surface area (Å²) >= 11 is 0. The van der Waals surface area contributed by atoms with Crippen molar-refractivity contribution < 1.29 is 9.47 Å². The summed E-state index contributed by atoms with van der Waals surface area (Å²) in [5.74, 6) is 0. The fourth-order valence-electron chi connectivity index (χ4n) is 0.971. The van der Waals surface area contributed by atoms with E-state index in [1.165, 1.54) is 5.01 Å². The Morgan fingerprint density at radius 1 is 1.33 bits per heavy atom. The Labute approximate surface area is 72.2 Å². The lowest BCUT2D eigenvalue weighted by molar-refractivity contribution is -0.680. The summed E-state index contributed by atoms with van der Waals surface area (Å²) in [7, 11) is 0. The quantitative estimate of drug-likeness (QED) is 0.466. The zero-order valence-corrected chi connectivity index (χ0v) is 7.10. The van der Waals surface area contributed by atoms with Gasteiger partial charge in [0.05, 0.1) is 6.54 Å². The van der Waals surface area contributed by atoms with Gasteiger partial charge in [-0.1, -0.05) is 17.7 Å². The summed E-state index contributed by atoms with van der Waals surface area (Å²) in [5, 5.41) is 1.50. The lowest BCUT2D eigenvalue weighted by Crippen LogP contribution is -2.56. The van der Waals surface area contributed by atoms with Gasteiger partial charge in [-0.25, -0.2) is 0 Å². The molecule has 3 nitrogen and oxygen atoms in total. The Bertz CT molecular complexity index is 236. The Hall–Kier alpha value is -1.38. The van der Waals surface area contributed by atoms with Gasteiger partial charge in [0.2, 0.25) is 0 Å². The number of aromatic nitrogens is 1. The van der Waals surface area contributed by atoms with E-state index in [4.69, 9.17) is 0 Å². The molecule has 0 saturated heterocycles. The van der Waals surface area contributed by atoms with Gasteiger partial charge in [-0.15, -0.1) is 5.01 Å². The van der Waals surface area contributed by atoms with Crippen molar-refractivity contribution in [3.05, 3.63) is 30.6 Å². The Morgan fingerprint density at radius 2 is 2.00 bits per heavy atom. The van der Waals surface area contributed by atoms with Crippen LogP contribution in [0.3, 0.4) is 0 Å². The van der Waals surface area contributed by atoms with Crippen molar-refractivity contribution in [3.63, 3.8) is 0 Å². The monoisotopic (exact) mass is 164 g/mol. The molecule has 1 radical (unpaired) electrons. The Morgan fingerprint density at radius 3 is 2.50 bits per heavy atom. The van der Waals surface area contributed by atoms with Gasteiger partial charge in [0.15, 0.2) is 12.4 Å². The van der Waals surface area contributed by atoms with Crippen LogP contribution in [0.25, 0.3) is 0 Å². The molecule has 0 spiro atoms. The van der Waals surface area contributed by atoms with Gasteiger partial charge in [0, 0.05) is 12.1 Å². The zero-order chi connectivity index (χ0) is 8.81. The van der Waals surface area contributed by atoms with Crippen LogP contribution in [-0.4, -0.2) is 13.0 Å². The maximum absolute atomic E-state index is 10.5. The predicted octanol–water partition coefficient (Wildman–Crippen LogP) is 0.389. The molecule has 1 aromatic rings. The van der Waals surface area contributed by atoms with Gasteiger partial charge in [-0.2, -0.15) is 0 Å². The summed E-state index contributed by atoms with van der Waals surface area (Å²) in [6, 6.07) is 5.66. The minimum absolute atomic E-state index is 0.693. The smallest absolute Gasteiger partial charge is 0.257 e. The van der Waals surface area contributed by atoms with Gasteiger partial charge in [-0.3, -0.25) is 4.79 Å². The molecule has 1 rings (SSSR count). The largest absolute Gasteiger partial charge is 0.371 e. The molecule has 0 fully saturated rings. The number of rotatable bonds is 4. The van der Waals surface area contributed by atoms with Crippen LogP contribution >= 0.6 is 0 Å². The molecule has 0 atom stereocenters. The topological polar surface area (TPSA) is 24.2 Å². The first kappa shape index (κ1) is 8.71. The minimum Gasteiger partial charge on any atom is -0.257 e. The van der Waals surface area contributed by atoms with Crippen LogP contribution < -0.4 is 9.69 Å². The van der Waals surface area contributed by atoms with Crippen molar-refractivity contribution in [2.24, 2.45) is 0 Å². The van der Waals surface area contributed by atoms with Crippen molar-refractivity contribution in [1.82, 2.24) is 0 Å². The van der Waals surface area contributed by atoms with E-state index in [0.717, 1.165) is 6.42 Å². The van der Waals surface area contributed by atoms with Gasteiger partial charge in [0.25, 0.3) is 0 Å². The first-order chi connectivity index (χ1) is 5.88. The number of pyridine rings is 1. The second-order valence-corrected chi connectivity index (χ2v) is 2.47. The minimum atomic E-state index is 0.693. The molecule has 0 N–H and O–H groups in total. The molecule has 1 heterocycles. The van der Waals surface area contributed by atoms with Crippen LogP contribution in [0.1, 0.15) is 13.3 Å². The second kappa shape index (κ2) is 4.49. The normalized spacial score (nSPS) is 9.42. The number of amides is 1. The number of hydrogen-bond acceptors (Lipinski definition) is 1. The highest BCUT2D eigenvalue weighted by atomic mass is 16.1. The van der Waals surface area contributed by atoms with E-state index in [-0.39, 0.29) is 0 Å². The molecule has 0 bridgehead atoms. The average molecular weight is 164 g/mol. The van der Waals surface area contributed by atoms with Crippen molar-refractivity contribution in [1.29, 1.82) is 0 Å². The van der Waals surface area contributed by atoms with Crippen LogP contribution in [0, 0.1) is 0 Å². The molecular weight excluding hydrogens is 152 g/mol. The first-order valence-electron chi connectivity index (χ1n) is 4.00. The standard InChI is InChI=1S/C9H12N2O/c1-2-6-11(9-12)10-7-4-3-5-8-10/h3-5,7-8H,2,6H2,1H3/q+1. The summed E-state index contributed by atoms with van der Waals surface area (Å²) in [4.78, 5) is 10.5. The van der Waals surface area contributed by atoms with Crippen LogP contribution in [-0.2, 0) is 4.79 Å². The first-order valence-corrected chi connectivity index (χ1v) is 4.00. The van der Waals surface area contributed by atoms with Crippen LogP contribution in [0.15, 0.2) is 30.6 Å². The third-order valence-electron chi connectivity index (χ3n) is 1.52. The Balaban J connectivity index is 2.73. The molecule has 3 heteroatoms. The van der Waals surface area contributed by atoms with Gasteiger partial charge in [0.1, 0.15) is 0 Å². The average Bonchev–Trinajstić information content (AvgIpc) is 2.15. The number of nitrogens with zero attached hydrogens (tertiary/aromatic N) is 2. The molecule has 0 saturated carbocycles. The summed E-state index contributed by atoms with van der Waals surface area (Å²) in [6.07, 6.45) is 6.43. The predicted molar refractivity (Wildman–Crippen MR) is 45.7 cm³/mol. The van der Waals surface area contributed by atoms with E-state index in [1.807, 2.05) is 43.9 Å². The van der Waals surface area contributed by atoms with Crippen LogP contribution in [0.5, 0.6) is 0 Å². The number of hydrogen-bond donors (Lipinski definition) is 0. The lowest BCUT2D eigenvalue weighted by atomic mass is 10.5. The van der Waals surface area contributed by atoms with Crippen molar-refractivity contribution in [2.45, 2.75) is 13.3 Å². The maximum atomic E-state index is 10.5. The van der Waals surface area contributed by atoms with E-state index in [2.05, 4.69) is 0 Å². The van der Waals surface area contributed by atoms with Crippen LogP contribution in [0.2, 0.25) is 0 Å². The van der Waals surface area contributed by atoms with E-state index < -0.39 is 0 Å². The van der Waals surface area contributed by atoms with Crippen molar-refractivity contribution >= 4 is 6.41 Å². The summed E-state index contributed by atoms with van der Waals surface area (Å²) in [5.41, 5.74) is 0. The molecule has 1 amide bonds. The third-order valence-corrected chi connectivity index (χ3v) is 1.52. The Kier molecular flexibility index (Phi) is 3.26. The van der Waals surface area contributed by atoms with Crippen molar-refractivity contribution in [2.75, 3.05) is 11.6 Å². The molecule has 0 aliphatic rings. The molecular formula is C9H12N2O+. The highest BCUT2D eigenvalue weighted by Gasteiger charge is 2.09. The third kappa shape index (κ3) is 2.05. The van der Waals surface area contributed by atoms with E-state index in [0.29, 0.717) is 6.54 Å². The number of carbonyl (C=O) groups excluding carboxylic acids is 1. The zero-order valence-electron chi connectivity index (χ0n) is 7.10. The van der Waals surface area contributed by atoms with Gasteiger partial charge >= 0.3 is 6.41 Å². The van der Waals surface area contributed by atoms with E-state index >= 15 is 0 Å². The van der Waals surface area contributed by atoms with E-state index in [1.54, 1.807) is 4.68 Å². The second-order valence-electron chi connectivity index (χ2n) is 2.47. The summed E-state index contributed by atoms with van der Waals surface area (Å²) < 4.78 is 1.72. The van der Waals surface area contributed by atoms with E-state index in [9.17, 15) is 4.79 Å². The molecule has 1 aromatic heterocycles. The molecule has 63 valence electrons. The lowest BCUT2D eigenvalue weighted by Gasteiger charge is -2.06. The van der Waals surface area contributed by atoms with Crippen molar-refractivity contribution in [3.8, 4) is 0 Å². The molecule has 0 aromatic carbocycles. The molecule has 0 unspecified atom stereocenters. The molecule has 12 heavy (non-hydrogen) atoms. The highest BCUT2D eigenvalue weighted by Crippen LogP contribution is 1.81. The van der Waals surface area contributed by atoms with Gasteiger partial charge < -0.3 is 0 Å².